The van der Waals surface area contributed by atoms with Gasteiger partial charge in [-0.3, -0.25) is 24.2 Å². The Bertz CT molecular complexity index is 1090. The zero-order valence-electron chi connectivity index (χ0n) is 18.6. The molecule has 0 unspecified atom stereocenters. The molecule has 7 nitrogen and oxygen atoms in total. The molecular formula is C24H25F3N4O3. The number of carbonyl (C=O) groups excluding carboxylic acids is 3. The van der Waals surface area contributed by atoms with Gasteiger partial charge in [-0.2, -0.15) is 13.2 Å². The minimum atomic E-state index is -4.57. The molecule has 2 atom stereocenters. The van der Waals surface area contributed by atoms with Gasteiger partial charge < -0.3 is 10.6 Å². The van der Waals surface area contributed by atoms with Crippen LogP contribution in [0.15, 0.2) is 48.5 Å². The minimum Gasteiger partial charge on any atom is -0.326 e. The van der Waals surface area contributed by atoms with Crippen molar-refractivity contribution in [2.75, 3.05) is 35.2 Å². The molecule has 1 fully saturated rings. The molecule has 0 bridgehead atoms. The van der Waals surface area contributed by atoms with Crippen LogP contribution in [0.4, 0.5) is 30.2 Å². The van der Waals surface area contributed by atoms with E-state index in [0.717, 1.165) is 18.6 Å². The maximum atomic E-state index is 13.3. The largest absolute Gasteiger partial charge is 0.416 e. The monoisotopic (exact) mass is 474 g/mol. The Morgan fingerprint density at radius 2 is 1.88 bits per heavy atom. The summed E-state index contributed by atoms with van der Waals surface area (Å²) in [5.41, 5.74) is -0.0367. The average molecular weight is 474 g/mol. The Kier molecular flexibility index (Phi) is 6.60. The number of amides is 3. The number of fused-ring (bicyclic) bond motifs is 1. The van der Waals surface area contributed by atoms with Gasteiger partial charge >= 0.3 is 6.18 Å². The first-order valence-electron chi connectivity index (χ1n) is 11.1. The number of piperidine rings is 1. The number of benzene rings is 2. The van der Waals surface area contributed by atoms with E-state index in [-0.39, 0.29) is 29.7 Å². The van der Waals surface area contributed by atoms with Gasteiger partial charge in [-0.1, -0.05) is 18.2 Å². The summed E-state index contributed by atoms with van der Waals surface area (Å²) < 4.78 is 39.3. The maximum Gasteiger partial charge on any atom is 0.416 e. The van der Waals surface area contributed by atoms with E-state index >= 15 is 0 Å². The molecule has 2 aliphatic heterocycles. The molecule has 2 N–H and O–H groups in total. The zero-order valence-corrected chi connectivity index (χ0v) is 18.6. The third-order valence-corrected chi connectivity index (χ3v) is 6.23. The highest BCUT2D eigenvalue weighted by Gasteiger charge is 2.37. The molecule has 2 aromatic carbocycles. The van der Waals surface area contributed by atoms with Crippen molar-refractivity contribution < 1.29 is 27.6 Å². The number of hydrogen-bond donors (Lipinski definition) is 2. The van der Waals surface area contributed by atoms with E-state index in [1.54, 1.807) is 19.1 Å². The molecular weight excluding hydrogens is 449 g/mol. The molecule has 2 aromatic rings. The van der Waals surface area contributed by atoms with Crippen molar-refractivity contribution in [1.82, 2.24) is 4.90 Å². The molecule has 1 saturated heterocycles. The number of hydrogen-bond acceptors (Lipinski definition) is 4. The summed E-state index contributed by atoms with van der Waals surface area (Å²) in [6, 6.07) is 11.4. The predicted octanol–water partition coefficient (Wildman–Crippen LogP) is 3.73. The van der Waals surface area contributed by atoms with Gasteiger partial charge in [0.25, 0.3) is 0 Å². The second kappa shape index (κ2) is 9.46. The molecule has 34 heavy (non-hydrogen) atoms. The van der Waals surface area contributed by atoms with E-state index in [0.29, 0.717) is 25.2 Å². The fourth-order valence-corrected chi connectivity index (χ4v) is 4.38. The molecule has 2 heterocycles. The fourth-order valence-electron chi connectivity index (χ4n) is 4.38. The molecule has 4 rings (SSSR count). The lowest BCUT2D eigenvalue weighted by Gasteiger charge is -2.38. The average Bonchev–Trinajstić information content (AvgIpc) is 2.82. The Morgan fingerprint density at radius 1 is 1.15 bits per heavy atom. The quantitative estimate of drug-likeness (QED) is 0.708. The maximum absolute atomic E-state index is 13.3. The predicted molar refractivity (Wildman–Crippen MR) is 121 cm³/mol. The summed E-state index contributed by atoms with van der Waals surface area (Å²) in [7, 11) is 0. The summed E-state index contributed by atoms with van der Waals surface area (Å²) in [6.07, 6.45) is -3.16. The lowest BCUT2D eigenvalue weighted by Crippen LogP contribution is -2.54. The van der Waals surface area contributed by atoms with Crippen LogP contribution in [0.5, 0.6) is 0 Å². The van der Waals surface area contributed by atoms with Crippen LogP contribution in [0.3, 0.4) is 0 Å². The van der Waals surface area contributed by atoms with Gasteiger partial charge in [-0.05, 0) is 56.6 Å². The van der Waals surface area contributed by atoms with Gasteiger partial charge in [0.15, 0.2) is 0 Å². The van der Waals surface area contributed by atoms with Crippen LogP contribution in [0.1, 0.15) is 25.3 Å². The molecule has 3 amide bonds. The van der Waals surface area contributed by atoms with Crippen LogP contribution in [0.2, 0.25) is 0 Å². The van der Waals surface area contributed by atoms with Crippen molar-refractivity contribution in [2.24, 2.45) is 5.92 Å². The molecule has 10 heteroatoms. The van der Waals surface area contributed by atoms with Crippen LogP contribution >= 0.6 is 0 Å². The Morgan fingerprint density at radius 3 is 2.59 bits per heavy atom. The van der Waals surface area contributed by atoms with Gasteiger partial charge in [0.1, 0.15) is 6.54 Å². The molecule has 0 spiro atoms. The number of halogens is 3. The van der Waals surface area contributed by atoms with Gasteiger partial charge in [0.05, 0.1) is 28.9 Å². The van der Waals surface area contributed by atoms with E-state index in [2.05, 4.69) is 10.6 Å². The normalized spacial score (nSPS) is 19.7. The topological polar surface area (TPSA) is 81.8 Å². The third kappa shape index (κ3) is 5.06. The first-order valence-corrected chi connectivity index (χ1v) is 11.1. The molecule has 0 radical (unpaired) electrons. The minimum absolute atomic E-state index is 0.0506. The number of anilines is 3. The molecule has 2 aliphatic rings. The molecule has 0 saturated carbocycles. The van der Waals surface area contributed by atoms with E-state index in [4.69, 9.17) is 0 Å². The van der Waals surface area contributed by atoms with E-state index in [9.17, 15) is 27.6 Å². The molecule has 0 aromatic heterocycles. The van der Waals surface area contributed by atoms with Gasteiger partial charge in [-0.25, -0.2) is 0 Å². The van der Waals surface area contributed by atoms with Crippen molar-refractivity contribution in [3.8, 4) is 0 Å². The zero-order chi connectivity index (χ0) is 24.5. The molecule has 180 valence electrons. The summed E-state index contributed by atoms with van der Waals surface area (Å²) >= 11 is 0. The number of alkyl halides is 3. The molecule has 0 aliphatic carbocycles. The number of rotatable bonds is 4. The highest BCUT2D eigenvalue weighted by molar-refractivity contribution is 6.11. The third-order valence-electron chi connectivity index (χ3n) is 6.23. The number of para-hydroxylation sites is 1. The fraction of sp³-hybridized carbons (Fsp3) is 0.375. The number of carbonyl (C=O) groups is 3. The van der Waals surface area contributed by atoms with Gasteiger partial charge in [0, 0.05) is 12.2 Å². The number of nitrogens with zero attached hydrogens (tertiary/aromatic N) is 2. The Labute approximate surface area is 194 Å². The van der Waals surface area contributed by atoms with Crippen molar-refractivity contribution in [2.45, 2.75) is 32.0 Å². The SMILES string of the molecule is C[C@@H](C(=O)N1CC(=O)Nc2cc(C(F)(F)F)ccc21)N1CCC[C@H](C(=O)Nc2ccccc2)C1. The lowest BCUT2D eigenvalue weighted by molar-refractivity contribution is -0.137. The first-order chi connectivity index (χ1) is 16.1. The first kappa shape index (κ1) is 23.7. The van der Waals surface area contributed by atoms with Crippen molar-refractivity contribution >= 4 is 34.8 Å². The second-order valence-corrected chi connectivity index (χ2v) is 8.57. The lowest BCUT2D eigenvalue weighted by atomic mass is 9.95. The van der Waals surface area contributed by atoms with Crippen LogP contribution in [-0.2, 0) is 20.6 Å². The second-order valence-electron chi connectivity index (χ2n) is 8.57. The Hall–Kier alpha value is -3.40. The number of likely N-dealkylation sites (tertiary alicyclic amines) is 1. The number of nitrogens with one attached hydrogen (secondary N) is 2. The van der Waals surface area contributed by atoms with Crippen molar-refractivity contribution in [1.29, 1.82) is 0 Å². The highest BCUT2D eigenvalue weighted by atomic mass is 19.4. The summed E-state index contributed by atoms with van der Waals surface area (Å²) in [6.45, 7) is 2.37. The summed E-state index contributed by atoms with van der Waals surface area (Å²) in [5.74, 6) is -1.40. The smallest absolute Gasteiger partial charge is 0.326 e. The van der Waals surface area contributed by atoms with Crippen LogP contribution < -0.4 is 15.5 Å². The van der Waals surface area contributed by atoms with Crippen LogP contribution in [-0.4, -0.2) is 48.3 Å². The summed E-state index contributed by atoms with van der Waals surface area (Å²) in [5, 5.41) is 5.32. The standard InChI is InChI=1S/C24H25F3N4O3/c1-15(30-11-5-6-16(13-30)22(33)28-18-7-3-2-4-8-18)23(34)31-14-21(32)29-19-12-17(24(25,26)27)9-10-20(19)31/h2-4,7-10,12,15-16H,5-6,11,13-14H2,1H3,(H,28,33)(H,29,32)/t15-,16-/m0/s1. The van der Waals surface area contributed by atoms with Crippen molar-refractivity contribution in [3.63, 3.8) is 0 Å². The van der Waals surface area contributed by atoms with E-state index in [1.165, 1.54) is 11.0 Å². The van der Waals surface area contributed by atoms with Gasteiger partial charge in [-0.15, -0.1) is 0 Å². The Balaban J connectivity index is 1.48. The summed E-state index contributed by atoms with van der Waals surface area (Å²) in [4.78, 5) is 41.3. The highest BCUT2D eigenvalue weighted by Crippen LogP contribution is 2.37. The van der Waals surface area contributed by atoms with Crippen molar-refractivity contribution in [3.05, 3.63) is 54.1 Å². The van der Waals surface area contributed by atoms with E-state index in [1.807, 2.05) is 23.1 Å². The van der Waals surface area contributed by atoms with Gasteiger partial charge in [0.2, 0.25) is 17.7 Å². The van der Waals surface area contributed by atoms with Crippen LogP contribution in [0.25, 0.3) is 0 Å². The van der Waals surface area contributed by atoms with E-state index < -0.39 is 29.6 Å². The van der Waals surface area contributed by atoms with Crippen LogP contribution in [0, 0.1) is 5.92 Å².